The van der Waals surface area contributed by atoms with E-state index in [1.807, 2.05) is 0 Å². The van der Waals surface area contributed by atoms with Gasteiger partial charge in [-0.2, -0.15) is 13.2 Å². The highest BCUT2D eigenvalue weighted by Crippen LogP contribution is 2.47. The highest BCUT2D eigenvalue weighted by atomic mass is 19.4. The van der Waals surface area contributed by atoms with Crippen LogP contribution in [0.1, 0.15) is 37.7 Å². The fraction of sp³-hybridized carbons (Fsp3) is 0.440. The Morgan fingerprint density at radius 3 is 2.03 bits per heavy atom. The zero-order chi connectivity index (χ0) is 26.8. The fourth-order valence-electron chi connectivity index (χ4n) is 4.95. The van der Waals surface area contributed by atoms with Crippen molar-refractivity contribution in [2.75, 3.05) is 13.2 Å². The Labute approximate surface area is 208 Å². The van der Waals surface area contributed by atoms with E-state index in [0.717, 1.165) is 6.07 Å². The number of nitrogens with one attached hydrogen (secondary N) is 2. The Morgan fingerprint density at radius 1 is 0.892 bits per heavy atom. The minimum atomic E-state index is -4.84. The van der Waals surface area contributed by atoms with Crippen molar-refractivity contribution in [2.45, 2.75) is 55.5 Å². The normalized spacial score (nSPS) is 24.9. The average molecular weight is 528 g/mol. The third-order valence-corrected chi connectivity index (χ3v) is 6.91. The molecule has 2 amide bonds. The van der Waals surface area contributed by atoms with Gasteiger partial charge in [-0.15, -0.1) is 0 Å². The molecule has 0 aromatic heterocycles. The molecule has 3 saturated carbocycles. The van der Waals surface area contributed by atoms with E-state index in [2.05, 4.69) is 10.6 Å². The molecule has 3 N–H and O–H groups in total. The molecule has 200 valence electrons. The standard InChI is InChI=1S/C25H25F5N2O5/c26-15-1-3-16(4-2-15)36-14-22(35)32-24-9-7-23(8-10-24,12-20(24)33)31-21(34)13-37-17-5-6-18(19(27)11-17)25(28,29)30/h1-6,11,20,33H,7-10,12-14H2,(H,31,34)(H,32,35)/t20-,23?,24?/m0/s1. The molecule has 7 nitrogen and oxygen atoms in total. The van der Waals surface area contributed by atoms with Crippen molar-refractivity contribution in [2.24, 2.45) is 0 Å². The molecule has 2 bridgehead atoms. The van der Waals surface area contributed by atoms with E-state index in [-0.39, 0.29) is 18.8 Å². The van der Waals surface area contributed by atoms with Crippen LogP contribution in [-0.2, 0) is 15.8 Å². The van der Waals surface area contributed by atoms with E-state index in [0.29, 0.717) is 43.6 Å². The average Bonchev–Trinajstić information content (AvgIpc) is 2.83. The van der Waals surface area contributed by atoms with Crippen molar-refractivity contribution in [3.8, 4) is 11.5 Å². The van der Waals surface area contributed by atoms with Crippen LogP contribution in [-0.4, -0.2) is 47.3 Å². The molecule has 5 rings (SSSR count). The van der Waals surface area contributed by atoms with Crippen LogP contribution in [0, 0.1) is 11.6 Å². The molecule has 0 heterocycles. The number of aliphatic hydroxyl groups excluding tert-OH is 1. The lowest BCUT2D eigenvalue weighted by molar-refractivity contribution is -0.140. The van der Waals surface area contributed by atoms with E-state index >= 15 is 0 Å². The quantitative estimate of drug-likeness (QED) is 0.456. The molecular formula is C25H25F5N2O5. The third kappa shape index (κ3) is 6.12. The van der Waals surface area contributed by atoms with Gasteiger partial charge < -0.3 is 25.2 Å². The first-order valence-electron chi connectivity index (χ1n) is 11.6. The number of carbonyl (C=O) groups is 2. The Kier molecular flexibility index (Phi) is 7.31. The minimum absolute atomic E-state index is 0.173. The van der Waals surface area contributed by atoms with Gasteiger partial charge in [0.15, 0.2) is 13.2 Å². The summed E-state index contributed by atoms with van der Waals surface area (Å²) in [4.78, 5) is 24.9. The predicted molar refractivity (Wildman–Crippen MR) is 120 cm³/mol. The van der Waals surface area contributed by atoms with Crippen LogP contribution in [0.15, 0.2) is 42.5 Å². The molecule has 0 aliphatic heterocycles. The number of halogens is 5. The molecule has 3 fully saturated rings. The van der Waals surface area contributed by atoms with Crippen molar-refractivity contribution in [1.82, 2.24) is 10.6 Å². The van der Waals surface area contributed by atoms with Gasteiger partial charge in [-0.3, -0.25) is 9.59 Å². The molecule has 2 aromatic rings. The van der Waals surface area contributed by atoms with Crippen LogP contribution in [0.3, 0.4) is 0 Å². The molecule has 1 atom stereocenters. The van der Waals surface area contributed by atoms with Crippen LogP contribution >= 0.6 is 0 Å². The number of carbonyl (C=O) groups excluding carboxylic acids is 2. The van der Waals surface area contributed by atoms with Crippen molar-refractivity contribution >= 4 is 11.8 Å². The van der Waals surface area contributed by atoms with Crippen molar-refractivity contribution in [3.63, 3.8) is 0 Å². The molecule has 0 radical (unpaired) electrons. The van der Waals surface area contributed by atoms with Gasteiger partial charge in [-0.25, -0.2) is 8.78 Å². The summed E-state index contributed by atoms with van der Waals surface area (Å²) < 4.78 is 75.3. The molecule has 37 heavy (non-hydrogen) atoms. The number of ether oxygens (including phenoxy) is 2. The summed E-state index contributed by atoms with van der Waals surface area (Å²) in [6.07, 6.45) is -3.91. The van der Waals surface area contributed by atoms with E-state index < -0.39 is 59.0 Å². The summed E-state index contributed by atoms with van der Waals surface area (Å²) >= 11 is 0. The van der Waals surface area contributed by atoms with Crippen LogP contribution in [0.5, 0.6) is 11.5 Å². The lowest BCUT2D eigenvalue weighted by Gasteiger charge is -2.56. The Balaban J connectivity index is 1.27. The monoisotopic (exact) mass is 528 g/mol. The van der Waals surface area contributed by atoms with Crippen LogP contribution in [0.25, 0.3) is 0 Å². The number of hydrogen-bond acceptors (Lipinski definition) is 5. The van der Waals surface area contributed by atoms with E-state index in [4.69, 9.17) is 9.47 Å². The summed E-state index contributed by atoms with van der Waals surface area (Å²) in [5, 5.41) is 16.5. The summed E-state index contributed by atoms with van der Waals surface area (Å²) in [6, 6.07) is 7.24. The van der Waals surface area contributed by atoms with E-state index in [1.165, 1.54) is 24.3 Å². The second-order valence-corrected chi connectivity index (χ2v) is 9.42. The van der Waals surface area contributed by atoms with Gasteiger partial charge in [0.05, 0.1) is 17.2 Å². The van der Waals surface area contributed by atoms with Gasteiger partial charge in [0.25, 0.3) is 11.8 Å². The lowest BCUT2D eigenvalue weighted by Crippen LogP contribution is -2.70. The van der Waals surface area contributed by atoms with Crippen molar-refractivity contribution in [1.29, 1.82) is 0 Å². The number of aliphatic hydroxyl groups is 1. The van der Waals surface area contributed by atoms with Crippen LogP contribution < -0.4 is 20.1 Å². The second kappa shape index (κ2) is 10.2. The van der Waals surface area contributed by atoms with Gasteiger partial charge in [-0.05, 0) is 68.5 Å². The number of fused-ring (bicyclic) bond motifs is 3. The fourth-order valence-corrected chi connectivity index (χ4v) is 4.95. The predicted octanol–water partition coefficient (Wildman–Crippen LogP) is 3.49. The molecule has 12 heteroatoms. The molecule has 2 aromatic carbocycles. The molecule has 0 saturated heterocycles. The Bertz CT molecular complexity index is 1150. The smallest absolute Gasteiger partial charge is 0.419 e. The highest BCUT2D eigenvalue weighted by molar-refractivity contribution is 5.79. The molecule has 3 aliphatic carbocycles. The summed E-state index contributed by atoms with van der Waals surface area (Å²) in [7, 11) is 0. The Morgan fingerprint density at radius 2 is 1.46 bits per heavy atom. The molecule has 3 aliphatic rings. The summed E-state index contributed by atoms with van der Waals surface area (Å²) in [5.41, 5.74) is -3.04. The van der Waals surface area contributed by atoms with Crippen LogP contribution in [0.2, 0.25) is 0 Å². The van der Waals surface area contributed by atoms with Crippen LogP contribution in [0.4, 0.5) is 22.0 Å². The third-order valence-electron chi connectivity index (χ3n) is 6.91. The molecule has 0 spiro atoms. The largest absolute Gasteiger partial charge is 0.484 e. The minimum Gasteiger partial charge on any atom is -0.484 e. The van der Waals surface area contributed by atoms with Crippen molar-refractivity contribution < 1.29 is 46.1 Å². The first-order chi connectivity index (χ1) is 17.4. The van der Waals surface area contributed by atoms with Gasteiger partial charge in [-0.1, -0.05) is 0 Å². The Hall–Kier alpha value is -3.41. The maximum atomic E-state index is 13.7. The lowest BCUT2D eigenvalue weighted by atomic mass is 9.60. The molecular weight excluding hydrogens is 503 g/mol. The van der Waals surface area contributed by atoms with Gasteiger partial charge >= 0.3 is 6.18 Å². The number of alkyl halides is 3. The topological polar surface area (TPSA) is 96.9 Å². The van der Waals surface area contributed by atoms with Gasteiger partial charge in [0.1, 0.15) is 23.1 Å². The van der Waals surface area contributed by atoms with E-state index in [9.17, 15) is 36.6 Å². The first-order valence-corrected chi connectivity index (χ1v) is 11.6. The van der Waals surface area contributed by atoms with E-state index in [1.54, 1.807) is 0 Å². The number of hydrogen-bond donors (Lipinski definition) is 3. The van der Waals surface area contributed by atoms with Gasteiger partial charge in [0.2, 0.25) is 0 Å². The number of amides is 2. The summed E-state index contributed by atoms with van der Waals surface area (Å²) in [6.45, 7) is -0.866. The maximum absolute atomic E-state index is 13.7. The maximum Gasteiger partial charge on any atom is 0.419 e. The van der Waals surface area contributed by atoms with Gasteiger partial charge in [0, 0.05) is 11.6 Å². The molecule has 0 unspecified atom stereocenters. The second-order valence-electron chi connectivity index (χ2n) is 9.42. The first kappa shape index (κ1) is 26.6. The van der Waals surface area contributed by atoms with Crippen molar-refractivity contribution in [3.05, 3.63) is 59.7 Å². The zero-order valence-corrected chi connectivity index (χ0v) is 19.5. The number of rotatable bonds is 8. The zero-order valence-electron chi connectivity index (χ0n) is 19.5. The highest BCUT2D eigenvalue weighted by Gasteiger charge is 2.55. The number of benzene rings is 2. The summed E-state index contributed by atoms with van der Waals surface area (Å²) in [5.74, 6) is -2.86. The SMILES string of the molecule is O=C(COc1ccc(C(F)(F)F)c(F)c1)NC12CCC(NC(=O)COc3ccc(F)cc3)(CC1)[C@@H](O)C2.